The van der Waals surface area contributed by atoms with Gasteiger partial charge in [-0.05, 0) is 47.5 Å². The van der Waals surface area contributed by atoms with E-state index in [1.54, 1.807) is 0 Å². The summed E-state index contributed by atoms with van der Waals surface area (Å²) in [5.74, 6) is 7.92. The molecule has 2 N–H and O–H groups in total. The second kappa shape index (κ2) is 8.97. The van der Waals surface area contributed by atoms with E-state index in [1.165, 1.54) is 51.8 Å². The number of rotatable bonds is 2. The molecule has 0 spiro atoms. The zero-order chi connectivity index (χ0) is 25.9. The highest BCUT2D eigenvalue weighted by Crippen LogP contribution is 2.46. The molecule has 0 saturated carbocycles. The lowest BCUT2D eigenvalue weighted by atomic mass is 9.84. The largest absolute Gasteiger partial charge is 0.484 e. The first-order valence-electron chi connectivity index (χ1n) is 13.1. The van der Waals surface area contributed by atoms with Crippen molar-refractivity contribution in [2.24, 2.45) is 5.73 Å². The van der Waals surface area contributed by atoms with E-state index in [1.807, 2.05) is 28.7 Å². The minimum Gasteiger partial charge on any atom is -0.484 e. The molecule has 2 aliphatic rings. The van der Waals surface area contributed by atoms with Crippen molar-refractivity contribution in [2.45, 2.75) is 18.6 Å². The topological polar surface area (TPSA) is 35.2 Å². The third-order valence-electron chi connectivity index (χ3n) is 7.71. The van der Waals surface area contributed by atoms with Gasteiger partial charge in [-0.1, -0.05) is 78.6 Å². The summed E-state index contributed by atoms with van der Waals surface area (Å²) in [6.45, 7) is 0.576. The van der Waals surface area contributed by atoms with Gasteiger partial charge in [0.1, 0.15) is 11.9 Å². The Bertz CT molecular complexity index is 2050. The molecule has 2 unspecified atom stereocenters. The number of nitrogens with two attached hydrogens (primary N) is 1. The van der Waals surface area contributed by atoms with Crippen molar-refractivity contribution < 1.29 is 4.74 Å². The molecule has 39 heavy (non-hydrogen) atoms. The van der Waals surface area contributed by atoms with Gasteiger partial charge in [0.15, 0.2) is 0 Å². The first-order valence-corrected chi connectivity index (χ1v) is 14.7. The minimum atomic E-state index is 0.0244. The van der Waals surface area contributed by atoms with Gasteiger partial charge in [0.2, 0.25) is 0 Å². The fraction of sp³-hybridized carbons (Fsp3) is 0.0857. The highest BCUT2D eigenvalue weighted by Gasteiger charge is 2.35. The van der Waals surface area contributed by atoms with Gasteiger partial charge in [-0.2, -0.15) is 0 Å². The molecule has 1 aliphatic heterocycles. The van der Waals surface area contributed by atoms with Gasteiger partial charge in [-0.15, -0.1) is 22.7 Å². The van der Waals surface area contributed by atoms with Crippen LogP contribution in [-0.4, -0.2) is 6.10 Å². The molecule has 8 rings (SSSR count). The Balaban J connectivity index is 1.06. The van der Waals surface area contributed by atoms with Crippen molar-refractivity contribution in [2.75, 3.05) is 0 Å². The number of ether oxygens (including phenoxy) is 1. The van der Waals surface area contributed by atoms with Crippen molar-refractivity contribution in [3.05, 3.63) is 131 Å². The molecule has 0 saturated heterocycles. The second-order valence-electron chi connectivity index (χ2n) is 10.0. The maximum Gasteiger partial charge on any atom is 0.135 e. The summed E-state index contributed by atoms with van der Waals surface area (Å²) >= 11 is 3.72. The van der Waals surface area contributed by atoms with Crippen molar-refractivity contribution in [3.8, 4) is 17.6 Å². The van der Waals surface area contributed by atoms with Crippen LogP contribution in [0, 0.1) is 11.8 Å². The van der Waals surface area contributed by atoms with Crippen LogP contribution in [0.15, 0.2) is 103 Å². The van der Waals surface area contributed by atoms with Gasteiger partial charge in [-0.3, -0.25) is 0 Å². The summed E-state index contributed by atoms with van der Waals surface area (Å²) in [7, 11) is 0. The van der Waals surface area contributed by atoms with Crippen LogP contribution >= 0.6 is 22.7 Å². The summed E-state index contributed by atoms with van der Waals surface area (Å²) in [5, 5.41) is 2.63. The van der Waals surface area contributed by atoms with E-state index in [0.717, 1.165) is 16.9 Å². The lowest BCUT2D eigenvalue weighted by Gasteiger charge is -2.24. The predicted molar refractivity (Wildman–Crippen MR) is 166 cm³/mol. The Morgan fingerprint density at radius 3 is 2.31 bits per heavy atom. The first-order chi connectivity index (χ1) is 19.2. The Hall–Kier alpha value is -4.14. The summed E-state index contributed by atoms with van der Waals surface area (Å²) in [4.78, 5) is 0. The van der Waals surface area contributed by atoms with E-state index in [2.05, 4.69) is 109 Å². The average molecular weight is 538 g/mol. The maximum atomic E-state index is 6.35. The number of fused-ring (bicyclic) bond motifs is 8. The van der Waals surface area contributed by atoms with E-state index >= 15 is 0 Å². The van der Waals surface area contributed by atoms with Gasteiger partial charge in [-0.25, -0.2) is 0 Å². The van der Waals surface area contributed by atoms with E-state index in [9.17, 15) is 0 Å². The average Bonchev–Trinajstić information content (AvgIpc) is 3.65. The zero-order valence-corrected chi connectivity index (χ0v) is 22.6. The molecule has 0 fully saturated rings. The Morgan fingerprint density at radius 2 is 1.49 bits per heavy atom. The molecule has 2 atom stereocenters. The molecule has 1 aliphatic carbocycles. The van der Waals surface area contributed by atoms with E-state index in [-0.39, 0.29) is 12.0 Å². The van der Waals surface area contributed by atoms with Gasteiger partial charge >= 0.3 is 0 Å². The summed E-state index contributed by atoms with van der Waals surface area (Å²) in [6.07, 6.45) is 6.60. The van der Waals surface area contributed by atoms with Crippen LogP contribution < -0.4 is 10.5 Å². The number of benzene rings is 4. The number of hydrogen-bond acceptors (Lipinski definition) is 4. The lowest BCUT2D eigenvalue weighted by Crippen LogP contribution is -2.22. The molecule has 0 radical (unpaired) electrons. The highest BCUT2D eigenvalue weighted by atomic mass is 32.1. The fourth-order valence-corrected chi connectivity index (χ4v) is 8.47. The van der Waals surface area contributed by atoms with Crippen molar-refractivity contribution >= 4 is 57.8 Å². The molecule has 2 nitrogen and oxygen atoms in total. The summed E-state index contributed by atoms with van der Waals surface area (Å²) in [5.41, 5.74) is 12.8. The molecule has 3 heterocycles. The van der Waals surface area contributed by atoms with Crippen LogP contribution in [0.2, 0.25) is 0 Å². The molecule has 186 valence electrons. The van der Waals surface area contributed by atoms with Gasteiger partial charge in [0.05, 0.1) is 9.40 Å². The van der Waals surface area contributed by atoms with Crippen molar-refractivity contribution in [3.63, 3.8) is 0 Å². The smallest absolute Gasteiger partial charge is 0.135 e. The van der Waals surface area contributed by atoms with E-state index in [0.29, 0.717) is 6.54 Å². The van der Waals surface area contributed by atoms with Gasteiger partial charge in [0.25, 0.3) is 0 Å². The molecule has 0 amide bonds. The molecular weight excluding hydrogens is 515 g/mol. The predicted octanol–water partition coefficient (Wildman–Crippen LogP) is 8.63. The molecule has 4 aromatic carbocycles. The molecule has 4 heteroatoms. The van der Waals surface area contributed by atoms with E-state index < -0.39 is 0 Å². The molecule has 0 bridgehead atoms. The van der Waals surface area contributed by atoms with E-state index in [4.69, 9.17) is 10.5 Å². The van der Waals surface area contributed by atoms with Crippen LogP contribution in [0.1, 0.15) is 33.7 Å². The Labute approximate surface area is 234 Å². The quantitative estimate of drug-likeness (QED) is 0.224. The third kappa shape index (κ3) is 3.74. The zero-order valence-electron chi connectivity index (χ0n) is 21.0. The Morgan fingerprint density at radius 1 is 0.769 bits per heavy atom. The number of hydrogen-bond donors (Lipinski definition) is 1. The second-order valence-corrected chi connectivity index (χ2v) is 12.2. The highest BCUT2D eigenvalue weighted by molar-refractivity contribution is 7.36. The summed E-state index contributed by atoms with van der Waals surface area (Å²) < 4.78 is 11.7. The Kier molecular flexibility index (Phi) is 5.24. The van der Waals surface area contributed by atoms with Crippen molar-refractivity contribution in [1.82, 2.24) is 0 Å². The van der Waals surface area contributed by atoms with Crippen LogP contribution in [0.3, 0.4) is 0 Å². The number of para-hydroxylation sites is 1. The van der Waals surface area contributed by atoms with Crippen LogP contribution in [0.5, 0.6) is 5.75 Å². The maximum absolute atomic E-state index is 6.35. The first kappa shape index (κ1) is 22.8. The number of thiophene rings is 2. The van der Waals surface area contributed by atoms with Crippen LogP contribution in [-0.2, 0) is 6.54 Å². The standard InChI is InChI=1S/C35H23NOS2/c36-20-23-13-17-29-32(19-23)39-34-28-16-12-22(18-31(28)38-35(29)34)9-8-21-10-14-24(15-11-21)25-5-3-6-27-26-4-1-2-7-30(26)37-33(25)27/h1-7,10-19,25,33H,20,36H2. The fourth-order valence-electron chi connectivity index (χ4n) is 5.72. The van der Waals surface area contributed by atoms with Crippen molar-refractivity contribution in [1.29, 1.82) is 0 Å². The summed E-state index contributed by atoms with van der Waals surface area (Å²) in [6, 6.07) is 30.1. The van der Waals surface area contributed by atoms with Crippen LogP contribution in [0.25, 0.3) is 35.1 Å². The monoisotopic (exact) mass is 537 g/mol. The third-order valence-corrected chi connectivity index (χ3v) is 10.2. The van der Waals surface area contributed by atoms with Crippen LogP contribution in [0.4, 0.5) is 0 Å². The minimum absolute atomic E-state index is 0.0244. The number of allylic oxidation sites excluding steroid dienone is 2. The normalized spacial score (nSPS) is 17.5. The lowest BCUT2D eigenvalue weighted by molar-refractivity contribution is 0.258. The molecule has 6 aromatic rings. The van der Waals surface area contributed by atoms with Gasteiger partial charge < -0.3 is 10.5 Å². The van der Waals surface area contributed by atoms with Gasteiger partial charge in [0, 0.05) is 54.9 Å². The SMILES string of the molecule is NCc1ccc2c(c1)sc1c3ccc(C#Cc4ccc(C5C=CC=C6c7ccccc7OC65)cc4)cc3sc21. The molecular formula is C35H23NOS2. The molecule has 2 aromatic heterocycles.